The van der Waals surface area contributed by atoms with Crippen LogP contribution in [0.15, 0.2) is 54.6 Å². The second-order valence-corrected chi connectivity index (χ2v) is 8.46. The summed E-state index contributed by atoms with van der Waals surface area (Å²) in [6.07, 6.45) is 1.42. The van der Waals surface area contributed by atoms with Gasteiger partial charge >= 0.3 is 0 Å². The van der Waals surface area contributed by atoms with E-state index in [1.807, 2.05) is 6.07 Å². The third kappa shape index (κ3) is 6.05. The zero-order valence-corrected chi connectivity index (χ0v) is 18.2. The van der Waals surface area contributed by atoms with Crippen molar-refractivity contribution in [1.82, 2.24) is 14.7 Å². The van der Waals surface area contributed by atoms with E-state index < -0.39 is 0 Å². The fourth-order valence-corrected chi connectivity index (χ4v) is 4.56. The van der Waals surface area contributed by atoms with Crippen LogP contribution in [0.1, 0.15) is 17.5 Å². The molecule has 1 atom stereocenters. The van der Waals surface area contributed by atoms with Crippen LogP contribution in [0.3, 0.4) is 0 Å². The van der Waals surface area contributed by atoms with Crippen LogP contribution in [0, 0.1) is 0 Å². The van der Waals surface area contributed by atoms with Crippen molar-refractivity contribution in [2.75, 3.05) is 59.5 Å². The molecular formula is C25H35N3O2. The fraction of sp³-hybridized carbons (Fsp3) is 0.520. The van der Waals surface area contributed by atoms with Crippen LogP contribution in [0.4, 0.5) is 0 Å². The Kier molecular flexibility index (Phi) is 7.76. The van der Waals surface area contributed by atoms with Crippen LogP contribution in [-0.4, -0.2) is 80.3 Å². The average Bonchev–Trinajstić information content (AvgIpc) is 3.01. The van der Waals surface area contributed by atoms with Crippen LogP contribution in [0.5, 0.6) is 5.75 Å². The van der Waals surface area contributed by atoms with Crippen molar-refractivity contribution in [3.63, 3.8) is 0 Å². The second kappa shape index (κ2) is 10.9. The van der Waals surface area contributed by atoms with Gasteiger partial charge < -0.3 is 9.47 Å². The first-order valence-electron chi connectivity index (χ1n) is 11.2. The molecular weight excluding hydrogens is 374 g/mol. The molecule has 4 rings (SSSR count). The quantitative estimate of drug-likeness (QED) is 0.701. The van der Waals surface area contributed by atoms with E-state index in [1.165, 1.54) is 11.1 Å². The maximum atomic E-state index is 6.21. The number of rotatable bonds is 7. The first-order valence-corrected chi connectivity index (χ1v) is 11.2. The normalized spacial score (nSPS) is 22.0. The summed E-state index contributed by atoms with van der Waals surface area (Å²) < 4.78 is 11.7. The first kappa shape index (κ1) is 21.3. The van der Waals surface area contributed by atoms with Gasteiger partial charge in [-0.25, -0.2) is 0 Å². The van der Waals surface area contributed by atoms with Crippen molar-refractivity contribution < 1.29 is 9.47 Å². The molecule has 2 saturated heterocycles. The Morgan fingerprint density at radius 2 is 1.57 bits per heavy atom. The Morgan fingerprint density at radius 3 is 2.37 bits per heavy atom. The molecule has 2 aromatic carbocycles. The number of ether oxygens (including phenoxy) is 2. The van der Waals surface area contributed by atoms with Crippen LogP contribution in [-0.2, 0) is 17.8 Å². The molecule has 0 spiro atoms. The number of para-hydroxylation sites is 1. The average molecular weight is 410 g/mol. The highest BCUT2D eigenvalue weighted by molar-refractivity contribution is 5.33. The Hall–Kier alpha value is -1.92. The van der Waals surface area contributed by atoms with Gasteiger partial charge in [-0.3, -0.25) is 14.7 Å². The predicted octanol–water partition coefficient (Wildman–Crippen LogP) is 3.10. The molecule has 162 valence electrons. The molecule has 0 amide bonds. The van der Waals surface area contributed by atoms with Crippen molar-refractivity contribution in [3.05, 3.63) is 65.7 Å². The molecule has 2 aliphatic rings. The summed E-state index contributed by atoms with van der Waals surface area (Å²) in [5.41, 5.74) is 2.67. The van der Waals surface area contributed by atoms with Gasteiger partial charge in [0.2, 0.25) is 0 Å². The SMILES string of the molecule is COc1ccccc1CN1CCN(CC2CN(Cc3ccccc3)CCCO2)CC1. The summed E-state index contributed by atoms with van der Waals surface area (Å²) in [5, 5.41) is 0. The topological polar surface area (TPSA) is 28.2 Å². The van der Waals surface area contributed by atoms with Crippen LogP contribution in [0.2, 0.25) is 0 Å². The van der Waals surface area contributed by atoms with Gasteiger partial charge in [0.05, 0.1) is 13.2 Å². The number of hydrogen-bond acceptors (Lipinski definition) is 5. The molecule has 2 heterocycles. The molecule has 5 heteroatoms. The Labute approximate surface area is 181 Å². The Bertz CT molecular complexity index is 762. The summed E-state index contributed by atoms with van der Waals surface area (Å²) in [5.74, 6) is 0.991. The van der Waals surface area contributed by atoms with Gasteiger partial charge in [-0.15, -0.1) is 0 Å². The van der Waals surface area contributed by atoms with Gasteiger partial charge in [0, 0.05) is 71.1 Å². The van der Waals surface area contributed by atoms with E-state index in [9.17, 15) is 0 Å². The molecule has 1 unspecified atom stereocenters. The monoisotopic (exact) mass is 409 g/mol. The molecule has 2 fully saturated rings. The Balaban J connectivity index is 1.24. The molecule has 2 aromatic rings. The van der Waals surface area contributed by atoms with Gasteiger partial charge in [-0.05, 0) is 18.1 Å². The maximum absolute atomic E-state index is 6.21. The summed E-state index contributed by atoms with van der Waals surface area (Å²) in [4.78, 5) is 7.67. The number of benzene rings is 2. The minimum Gasteiger partial charge on any atom is -0.496 e. The van der Waals surface area contributed by atoms with Gasteiger partial charge in [0.1, 0.15) is 5.75 Å². The van der Waals surface area contributed by atoms with Crippen molar-refractivity contribution in [2.45, 2.75) is 25.6 Å². The van der Waals surface area contributed by atoms with E-state index in [0.717, 1.165) is 77.7 Å². The number of methoxy groups -OCH3 is 1. The second-order valence-electron chi connectivity index (χ2n) is 8.46. The summed E-state index contributed by atoms with van der Waals surface area (Å²) in [6, 6.07) is 19.2. The highest BCUT2D eigenvalue weighted by Gasteiger charge is 2.24. The Morgan fingerprint density at radius 1 is 0.833 bits per heavy atom. The summed E-state index contributed by atoms with van der Waals surface area (Å²) in [7, 11) is 1.75. The van der Waals surface area contributed by atoms with E-state index in [0.29, 0.717) is 6.10 Å². The first-order chi connectivity index (χ1) is 14.8. The van der Waals surface area contributed by atoms with Crippen molar-refractivity contribution in [3.8, 4) is 5.75 Å². The van der Waals surface area contributed by atoms with Crippen LogP contribution in [0.25, 0.3) is 0 Å². The minimum absolute atomic E-state index is 0.303. The van der Waals surface area contributed by atoms with E-state index in [-0.39, 0.29) is 0 Å². The largest absolute Gasteiger partial charge is 0.496 e. The molecule has 0 N–H and O–H groups in total. The van der Waals surface area contributed by atoms with Gasteiger partial charge in [-0.1, -0.05) is 48.5 Å². The highest BCUT2D eigenvalue weighted by atomic mass is 16.5. The van der Waals surface area contributed by atoms with E-state index in [2.05, 4.69) is 63.2 Å². The lowest BCUT2D eigenvalue weighted by Gasteiger charge is -2.37. The third-order valence-electron chi connectivity index (χ3n) is 6.20. The number of hydrogen-bond donors (Lipinski definition) is 0. The van der Waals surface area contributed by atoms with Crippen molar-refractivity contribution in [1.29, 1.82) is 0 Å². The van der Waals surface area contributed by atoms with Gasteiger partial charge in [-0.2, -0.15) is 0 Å². The van der Waals surface area contributed by atoms with E-state index >= 15 is 0 Å². The molecule has 0 radical (unpaired) electrons. The van der Waals surface area contributed by atoms with Crippen LogP contribution >= 0.6 is 0 Å². The molecule has 0 saturated carbocycles. The third-order valence-corrected chi connectivity index (χ3v) is 6.20. The predicted molar refractivity (Wildman–Crippen MR) is 121 cm³/mol. The molecule has 0 aliphatic carbocycles. The van der Waals surface area contributed by atoms with E-state index in [1.54, 1.807) is 7.11 Å². The lowest BCUT2D eigenvalue weighted by atomic mass is 10.1. The summed E-state index contributed by atoms with van der Waals surface area (Å²) in [6.45, 7) is 10.4. The number of nitrogens with zero attached hydrogens (tertiary/aromatic N) is 3. The van der Waals surface area contributed by atoms with Gasteiger partial charge in [0.15, 0.2) is 0 Å². The van der Waals surface area contributed by atoms with Crippen molar-refractivity contribution >= 4 is 0 Å². The van der Waals surface area contributed by atoms with Gasteiger partial charge in [0.25, 0.3) is 0 Å². The molecule has 30 heavy (non-hydrogen) atoms. The molecule has 0 bridgehead atoms. The minimum atomic E-state index is 0.303. The smallest absolute Gasteiger partial charge is 0.123 e. The highest BCUT2D eigenvalue weighted by Crippen LogP contribution is 2.20. The molecule has 0 aromatic heterocycles. The zero-order valence-electron chi connectivity index (χ0n) is 18.2. The molecule has 2 aliphatic heterocycles. The summed E-state index contributed by atoms with van der Waals surface area (Å²) >= 11 is 0. The fourth-order valence-electron chi connectivity index (χ4n) is 4.56. The lowest BCUT2D eigenvalue weighted by molar-refractivity contribution is 0.0123. The van der Waals surface area contributed by atoms with Crippen molar-refractivity contribution in [2.24, 2.45) is 0 Å². The zero-order chi connectivity index (χ0) is 20.6. The lowest BCUT2D eigenvalue weighted by Crippen LogP contribution is -2.49. The molecule has 5 nitrogen and oxygen atoms in total. The number of piperazine rings is 1. The van der Waals surface area contributed by atoms with Crippen LogP contribution < -0.4 is 4.74 Å². The standard InChI is InChI=1S/C25H35N3O2/c1-29-25-11-6-5-10-23(25)19-26-13-15-27(16-14-26)20-24-21-28(12-7-17-30-24)18-22-8-3-2-4-9-22/h2-6,8-11,24H,7,12-21H2,1H3. The van der Waals surface area contributed by atoms with E-state index in [4.69, 9.17) is 9.47 Å². The maximum Gasteiger partial charge on any atom is 0.123 e.